The summed E-state index contributed by atoms with van der Waals surface area (Å²) in [7, 11) is 0. The van der Waals surface area contributed by atoms with Crippen molar-refractivity contribution in [3.63, 3.8) is 0 Å². The highest BCUT2D eigenvalue weighted by atomic mass is 79.9. The number of carbonyl (C=O) groups excluding carboxylic acids is 1. The molecule has 1 N–H and O–H groups in total. The Morgan fingerprint density at radius 1 is 1.09 bits per heavy atom. The molecule has 0 radical (unpaired) electrons. The standard InChI is InChI=1S/C18H20BrNO3/c1-3-22-17-10-5-13(11-16(17)19)12-20-15-8-6-14(7-9-15)18(21)23-4-2/h5-11,20H,3-4,12H2,1-2H3. The largest absolute Gasteiger partial charge is 0.493 e. The lowest BCUT2D eigenvalue weighted by Crippen LogP contribution is -2.05. The van der Waals surface area contributed by atoms with Gasteiger partial charge >= 0.3 is 5.97 Å². The van der Waals surface area contributed by atoms with E-state index in [4.69, 9.17) is 9.47 Å². The molecule has 2 aromatic carbocycles. The second-order valence-corrected chi connectivity index (χ2v) is 5.70. The Morgan fingerprint density at radius 3 is 2.43 bits per heavy atom. The maximum Gasteiger partial charge on any atom is 0.338 e. The van der Waals surface area contributed by atoms with Crippen molar-refractivity contribution in [1.82, 2.24) is 0 Å². The van der Waals surface area contributed by atoms with Gasteiger partial charge in [-0.2, -0.15) is 0 Å². The van der Waals surface area contributed by atoms with E-state index >= 15 is 0 Å². The van der Waals surface area contributed by atoms with E-state index in [0.29, 0.717) is 25.3 Å². The summed E-state index contributed by atoms with van der Waals surface area (Å²) in [5, 5.41) is 3.32. The smallest absolute Gasteiger partial charge is 0.338 e. The molecule has 0 fully saturated rings. The van der Waals surface area contributed by atoms with Gasteiger partial charge in [-0.1, -0.05) is 6.07 Å². The number of rotatable bonds is 7. The highest BCUT2D eigenvalue weighted by Gasteiger charge is 2.06. The quantitative estimate of drug-likeness (QED) is 0.714. The first-order chi connectivity index (χ1) is 11.1. The van der Waals surface area contributed by atoms with Gasteiger partial charge in [-0.3, -0.25) is 0 Å². The van der Waals surface area contributed by atoms with Crippen molar-refractivity contribution in [1.29, 1.82) is 0 Å². The molecular weight excluding hydrogens is 358 g/mol. The van der Waals surface area contributed by atoms with Crippen LogP contribution in [0.4, 0.5) is 5.69 Å². The summed E-state index contributed by atoms with van der Waals surface area (Å²) in [5.74, 6) is 0.546. The molecule has 23 heavy (non-hydrogen) atoms. The van der Waals surface area contributed by atoms with Gasteiger partial charge in [0.15, 0.2) is 0 Å². The van der Waals surface area contributed by atoms with Crippen molar-refractivity contribution in [2.45, 2.75) is 20.4 Å². The van der Waals surface area contributed by atoms with E-state index in [1.165, 1.54) is 0 Å². The third-order valence-electron chi connectivity index (χ3n) is 3.19. The predicted molar refractivity (Wildman–Crippen MR) is 95.0 cm³/mol. The maximum atomic E-state index is 11.6. The SMILES string of the molecule is CCOC(=O)c1ccc(NCc2ccc(OCC)c(Br)c2)cc1. The third-order valence-corrected chi connectivity index (χ3v) is 3.81. The number of hydrogen-bond acceptors (Lipinski definition) is 4. The van der Waals surface area contributed by atoms with Crippen LogP contribution >= 0.6 is 15.9 Å². The molecule has 0 saturated carbocycles. The normalized spacial score (nSPS) is 10.2. The lowest BCUT2D eigenvalue weighted by atomic mass is 10.2. The molecule has 0 heterocycles. The zero-order valence-electron chi connectivity index (χ0n) is 13.3. The lowest BCUT2D eigenvalue weighted by molar-refractivity contribution is 0.0526. The number of carbonyl (C=O) groups is 1. The van der Waals surface area contributed by atoms with Crippen LogP contribution in [0.2, 0.25) is 0 Å². The van der Waals surface area contributed by atoms with Crippen molar-refractivity contribution < 1.29 is 14.3 Å². The summed E-state index contributed by atoms with van der Waals surface area (Å²) >= 11 is 3.51. The van der Waals surface area contributed by atoms with Crippen molar-refractivity contribution in [2.75, 3.05) is 18.5 Å². The minimum Gasteiger partial charge on any atom is -0.493 e. The van der Waals surface area contributed by atoms with Gasteiger partial charge in [0.2, 0.25) is 0 Å². The van der Waals surface area contributed by atoms with E-state index in [1.54, 1.807) is 19.1 Å². The van der Waals surface area contributed by atoms with Gasteiger partial charge in [0, 0.05) is 12.2 Å². The number of nitrogens with one attached hydrogen (secondary N) is 1. The van der Waals surface area contributed by atoms with E-state index in [0.717, 1.165) is 21.5 Å². The average Bonchev–Trinajstić information content (AvgIpc) is 2.56. The Hall–Kier alpha value is -2.01. The van der Waals surface area contributed by atoms with Crippen LogP contribution in [-0.2, 0) is 11.3 Å². The predicted octanol–water partition coefficient (Wildman–Crippen LogP) is 4.64. The van der Waals surface area contributed by atoms with Crippen LogP contribution in [0.25, 0.3) is 0 Å². The van der Waals surface area contributed by atoms with Gasteiger partial charge in [-0.15, -0.1) is 0 Å². The highest BCUT2D eigenvalue weighted by Crippen LogP contribution is 2.26. The Morgan fingerprint density at radius 2 is 1.83 bits per heavy atom. The fraction of sp³-hybridized carbons (Fsp3) is 0.278. The van der Waals surface area contributed by atoms with Crippen LogP contribution in [-0.4, -0.2) is 19.2 Å². The summed E-state index contributed by atoms with van der Waals surface area (Å²) in [6, 6.07) is 13.3. The molecule has 0 aliphatic heterocycles. The number of esters is 1. The third kappa shape index (κ3) is 4.99. The molecule has 0 aliphatic rings. The number of ether oxygens (including phenoxy) is 2. The van der Waals surface area contributed by atoms with E-state index in [1.807, 2.05) is 37.3 Å². The minimum atomic E-state index is -0.297. The molecule has 0 aliphatic carbocycles. The number of hydrogen-bond donors (Lipinski definition) is 1. The topological polar surface area (TPSA) is 47.6 Å². The van der Waals surface area contributed by atoms with Gasteiger partial charge in [0.05, 0.1) is 23.2 Å². The Labute approximate surface area is 144 Å². The zero-order chi connectivity index (χ0) is 16.7. The summed E-state index contributed by atoms with van der Waals surface area (Å²) in [4.78, 5) is 11.6. The second-order valence-electron chi connectivity index (χ2n) is 4.85. The van der Waals surface area contributed by atoms with Crippen molar-refractivity contribution in [2.24, 2.45) is 0 Å². The van der Waals surface area contributed by atoms with Crippen LogP contribution < -0.4 is 10.1 Å². The molecule has 2 rings (SSSR count). The molecule has 0 amide bonds. The monoisotopic (exact) mass is 377 g/mol. The van der Waals surface area contributed by atoms with Crippen LogP contribution in [0.15, 0.2) is 46.9 Å². The van der Waals surface area contributed by atoms with Gasteiger partial charge in [0.25, 0.3) is 0 Å². The van der Waals surface area contributed by atoms with Crippen molar-refractivity contribution in [3.8, 4) is 5.75 Å². The van der Waals surface area contributed by atoms with Crippen LogP contribution in [0, 0.1) is 0 Å². The lowest BCUT2D eigenvalue weighted by Gasteiger charge is -2.10. The fourth-order valence-corrected chi connectivity index (χ4v) is 2.61. The first-order valence-electron chi connectivity index (χ1n) is 7.56. The average molecular weight is 378 g/mol. The number of halogens is 1. The molecule has 0 saturated heterocycles. The van der Waals surface area contributed by atoms with Crippen LogP contribution in [0.1, 0.15) is 29.8 Å². The Bertz CT molecular complexity index is 656. The van der Waals surface area contributed by atoms with E-state index in [9.17, 15) is 4.79 Å². The molecule has 4 nitrogen and oxygen atoms in total. The fourth-order valence-electron chi connectivity index (χ4n) is 2.07. The maximum absolute atomic E-state index is 11.6. The van der Waals surface area contributed by atoms with E-state index in [-0.39, 0.29) is 5.97 Å². The summed E-state index contributed by atoms with van der Waals surface area (Å²) < 4.78 is 11.4. The summed E-state index contributed by atoms with van der Waals surface area (Å²) in [6.45, 7) is 5.46. The Kier molecular flexibility index (Phi) is 6.47. The van der Waals surface area contributed by atoms with Crippen molar-refractivity contribution >= 4 is 27.6 Å². The van der Waals surface area contributed by atoms with Crippen molar-refractivity contribution in [3.05, 3.63) is 58.1 Å². The molecule has 0 unspecified atom stereocenters. The molecule has 0 atom stereocenters. The number of anilines is 1. The molecule has 122 valence electrons. The first kappa shape index (κ1) is 17.3. The van der Waals surface area contributed by atoms with Gasteiger partial charge in [-0.25, -0.2) is 4.79 Å². The van der Waals surface area contributed by atoms with E-state index in [2.05, 4.69) is 21.2 Å². The van der Waals surface area contributed by atoms with Gasteiger partial charge in [0.1, 0.15) is 5.75 Å². The Balaban J connectivity index is 1.95. The van der Waals surface area contributed by atoms with Crippen LogP contribution in [0.3, 0.4) is 0 Å². The molecule has 0 bridgehead atoms. The molecule has 0 spiro atoms. The number of benzene rings is 2. The molecule has 0 aromatic heterocycles. The second kappa shape index (κ2) is 8.58. The molecular formula is C18H20BrNO3. The van der Waals surface area contributed by atoms with Crippen LogP contribution in [0.5, 0.6) is 5.75 Å². The molecule has 2 aromatic rings. The minimum absolute atomic E-state index is 0.297. The zero-order valence-corrected chi connectivity index (χ0v) is 14.9. The highest BCUT2D eigenvalue weighted by molar-refractivity contribution is 9.10. The summed E-state index contributed by atoms with van der Waals surface area (Å²) in [5.41, 5.74) is 2.64. The summed E-state index contributed by atoms with van der Waals surface area (Å²) in [6.07, 6.45) is 0. The van der Waals surface area contributed by atoms with Gasteiger partial charge in [-0.05, 0) is 71.7 Å². The van der Waals surface area contributed by atoms with Gasteiger partial charge < -0.3 is 14.8 Å². The molecule has 5 heteroatoms. The van der Waals surface area contributed by atoms with E-state index < -0.39 is 0 Å². The first-order valence-corrected chi connectivity index (χ1v) is 8.35.